The van der Waals surface area contributed by atoms with Crippen molar-refractivity contribution in [3.63, 3.8) is 0 Å². The van der Waals surface area contributed by atoms with Gasteiger partial charge < -0.3 is 10.0 Å². The van der Waals surface area contributed by atoms with Crippen LogP contribution in [0.15, 0.2) is 30.3 Å². The number of amides is 1. The van der Waals surface area contributed by atoms with Crippen LogP contribution in [-0.2, 0) is 4.79 Å². The first-order valence-electron chi connectivity index (χ1n) is 7.18. The summed E-state index contributed by atoms with van der Waals surface area (Å²) >= 11 is 6.05. The predicted molar refractivity (Wildman–Crippen MR) is 85.2 cm³/mol. The van der Waals surface area contributed by atoms with Crippen molar-refractivity contribution in [2.24, 2.45) is 0 Å². The van der Waals surface area contributed by atoms with Gasteiger partial charge in [-0.2, -0.15) is 0 Å². The summed E-state index contributed by atoms with van der Waals surface area (Å²) < 4.78 is 0. The maximum atomic E-state index is 12.1. The lowest BCUT2D eigenvalue weighted by Crippen LogP contribution is -2.49. The Morgan fingerprint density at radius 3 is 2.62 bits per heavy atom. The summed E-state index contributed by atoms with van der Waals surface area (Å²) in [4.78, 5) is 16.1. The molecule has 1 N–H and O–H groups in total. The maximum absolute atomic E-state index is 12.1. The van der Waals surface area contributed by atoms with E-state index >= 15 is 0 Å². The van der Waals surface area contributed by atoms with Crippen molar-refractivity contribution in [2.45, 2.75) is 13.0 Å². The highest BCUT2D eigenvalue weighted by atomic mass is 35.5. The Morgan fingerprint density at radius 2 is 2.00 bits per heavy atom. The van der Waals surface area contributed by atoms with Gasteiger partial charge in [0.1, 0.15) is 0 Å². The smallest absolute Gasteiger partial charge is 0.246 e. The molecular weight excluding hydrogens is 288 g/mol. The largest absolute Gasteiger partial charge is 0.392 e. The number of nitrogens with zero attached hydrogens (tertiary/aromatic N) is 2. The minimum absolute atomic E-state index is 0.00613. The minimum Gasteiger partial charge on any atom is -0.392 e. The Morgan fingerprint density at radius 1 is 1.33 bits per heavy atom. The van der Waals surface area contributed by atoms with E-state index in [0.29, 0.717) is 24.7 Å². The van der Waals surface area contributed by atoms with Crippen LogP contribution < -0.4 is 0 Å². The molecule has 1 aromatic rings. The van der Waals surface area contributed by atoms with E-state index in [1.807, 2.05) is 23.1 Å². The number of carbonyl (C=O) groups excluding carboxylic acids is 1. The highest BCUT2D eigenvalue weighted by molar-refractivity contribution is 6.32. The Labute approximate surface area is 130 Å². The van der Waals surface area contributed by atoms with Crippen molar-refractivity contribution in [1.29, 1.82) is 0 Å². The Kier molecular flexibility index (Phi) is 5.79. The van der Waals surface area contributed by atoms with Crippen LogP contribution in [0, 0.1) is 0 Å². The minimum atomic E-state index is -0.327. The molecule has 1 heterocycles. The van der Waals surface area contributed by atoms with Gasteiger partial charge in [0.15, 0.2) is 0 Å². The molecule has 5 heteroatoms. The summed E-state index contributed by atoms with van der Waals surface area (Å²) in [6.45, 7) is 5.44. The van der Waals surface area contributed by atoms with E-state index in [1.54, 1.807) is 25.1 Å². The molecule has 0 aromatic heterocycles. The van der Waals surface area contributed by atoms with Gasteiger partial charge in [-0.25, -0.2) is 0 Å². The van der Waals surface area contributed by atoms with Gasteiger partial charge in [0, 0.05) is 43.8 Å². The first-order valence-corrected chi connectivity index (χ1v) is 7.56. The second-order valence-electron chi connectivity index (χ2n) is 5.33. The third kappa shape index (κ3) is 4.84. The van der Waals surface area contributed by atoms with Crippen molar-refractivity contribution in [3.05, 3.63) is 40.9 Å². The zero-order chi connectivity index (χ0) is 15.2. The Hall–Kier alpha value is -1.36. The average Bonchev–Trinajstić information content (AvgIpc) is 2.46. The lowest BCUT2D eigenvalue weighted by Gasteiger charge is -2.34. The summed E-state index contributed by atoms with van der Waals surface area (Å²) in [5, 5.41) is 10.0. The van der Waals surface area contributed by atoms with E-state index in [9.17, 15) is 9.90 Å². The number of rotatable bonds is 4. The maximum Gasteiger partial charge on any atom is 0.246 e. The third-order valence-electron chi connectivity index (χ3n) is 3.52. The van der Waals surface area contributed by atoms with Gasteiger partial charge in [-0.05, 0) is 24.6 Å². The summed E-state index contributed by atoms with van der Waals surface area (Å²) in [6, 6.07) is 7.45. The first kappa shape index (κ1) is 16.0. The molecular formula is C16H21ClN2O2. The molecule has 1 saturated heterocycles. The standard InChI is InChI=1S/C16H21ClN2O2/c1-13(20)12-18-8-10-19(11-9-18)16(21)7-6-14-4-2-3-5-15(14)17/h2-7,13,20H,8-12H2,1H3/b7-6+. The van der Waals surface area contributed by atoms with Gasteiger partial charge in [-0.1, -0.05) is 29.8 Å². The summed E-state index contributed by atoms with van der Waals surface area (Å²) in [5.74, 6) is 0.00613. The second-order valence-corrected chi connectivity index (χ2v) is 5.74. The van der Waals surface area contributed by atoms with Gasteiger partial charge in [-0.3, -0.25) is 9.69 Å². The molecule has 1 fully saturated rings. The fourth-order valence-electron chi connectivity index (χ4n) is 2.40. The van der Waals surface area contributed by atoms with E-state index < -0.39 is 0 Å². The normalized spacial score (nSPS) is 18.1. The van der Waals surface area contributed by atoms with Gasteiger partial charge in [0.25, 0.3) is 0 Å². The molecule has 0 bridgehead atoms. The molecule has 1 unspecified atom stereocenters. The van der Waals surface area contributed by atoms with E-state index in [4.69, 9.17) is 11.6 Å². The van der Waals surface area contributed by atoms with Crippen molar-refractivity contribution in [3.8, 4) is 0 Å². The van der Waals surface area contributed by atoms with Gasteiger partial charge in [0.05, 0.1) is 6.10 Å². The molecule has 1 aliphatic rings. The summed E-state index contributed by atoms with van der Waals surface area (Å²) in [5.41, 5.74) is 0.847. The van der Waals surface area contributed by atoms with Crippen LogP contribution in [0.4, 0.5) is 0 Å². The number of hydrogen-bond donors (Lipinski definition) is 1. The molecule has 0 aliphatic carbocycles. The number of benzene rings is 1. The monoisotopic (exact) mass is 308 g/mol. The van der Waals surface area contributed by atoms with Crippen LogP contribution in [-0.4, -0.2) is 59.6 Å². The second kappa shape index (κ2) is 7.59. The molecule has 4 nitrogen and oxygen atoms in total. The van der Waals surface area contributed by atoms with Crippen LogP contribution in [0.5, 0.6) is 0 Å². The van der Waals surface area contributed by atoms with Crippen molar-refractivity contribution in [2.75, 3.05) is 32.7 Å². The number of β-amino-alcohol motifs (C(OH)–C–C–N with tert-alkyl or cyclic N) is 1. The molecule has 1 aliphatic heterocycles. The molecule has 1 atom stereocenters. The SMILES string of the molecule is CC(O)CN1CCN(C(=O)/C=C/c2ccccc2Cl)CC1. The van der Waals surface area contributed by atoms with E-state index in [1.165, 1.54) is 0 Å². The molecule has 1 aromatic carbocycles. The average molecular weight is 309 g/mol. The first-order chi connectivity index (χ1) is 10.1. The molecule has 21 heavy (non-hydrogen) atoms. The van der Waals surface area contributed by atoms with Crippen LogP contribution in [0.25, 0.3) is 6.08 Å². The number of aliphatic hydroxyl groups excluding tert-OH is 1. The lowest BCUT2D eigenvalue weighted by atomic mass is 10.2. The van der Waals surface area contributed by atoms with Crippen molar-refractivity contribution < 1.29 is 9.90 Å². The molecule has 0 radical (unpaired) electrons. The van der Waals surface area contributed by atoms with Crippen molar-refractivity contribution >= 4 is 23.6 Å². The lowest BCUT2D eigenvalue weighted by molar-refractivity contribution is -0.127. The molecule has 2 rings (SSSR count). The number of carbonyl (C=O) groups is 1. The van der Waals surface area contributed by atoms with E-state index in [2.05, 4.69) is 4.90 Å². The Bertz CT molecular complexity index is 509. The van der Waals surface area contributed by atoms with E-state index in [0.717, 1.165) is 18.7 Å². The quantitative estimate of drug-likeness (QED) is 0.864. The van der Waals surface area contributed by atoms with Crippen LogP contribution >= 0.6 is 11.6 Å². The number of halogens is 1. The zero-order valence-corrected chi connectivity index (χ0v) is 13.0. The Balaban J connectivity index is 1.86. The number of piperazine rings is 1. The summed E-state index contributed by atoms with van der Waals surface area (Å²) in [7, 11) is 0. The zero-order valence-electron chi connectivity index (χ0n) is 12.2. The van der Waals surface area contributed by atoms with Gasteiger partial charge in [0.2, 0.25) is 5.91 Å². The van der Waals surface area contributed by atoms with E-state index in [-0.39, 0.29) is 12.0 Å². The highest BCUT2D eigenvalue weighted by Gasteiger charge is 2.20. The van der Waals surface area contributed by atoms with Crippen molar-refractivity contribution in [1.82, 2.24) is 9.80 Å². The fourth-order valence-corrected chi connectivity index (χ4v) is 2.60. The summed E-state index contributed by atoms with van der Waals surface area (Å²) in [6.07, 6.45) is 3.01. The molecule has 1 amide bonds. The van der Waals surface area contributed by atoms with Crippen LogP contribution in [0.3, 0.4) is 0 Å². The molecule has 0 spiro atoms. The third-order valence-corrected chi connectivity index (χ3v) is 3.86. The van der Waals surface area contributed by atoms with Gasteiger partial charge >= 0.3 is 0 Å². The highest BCUT2D eigenvalue weighted by Crippen LogP contribution is 2.16. The fraction of sp³-hybridized carbons (Fsp3) is 0.438. The predicted octanol–water partition coefficient (Wildman–Crippen LogP) is 1.88. The van der Waals surface area contributed by atoms with Crippen LogP contribution in [0.2, 0.25) is 5.02 Å². The number of aliphatic hydroxyl groups is 1. The van der Waals surface area contributed by atoms with Crippen LogP contribution in [0.1, 0.15) is 12.5 Å². The van der Waals surface area contributed by atoms with Gasteiger partial charge in [-0.15, -0.1) is 0 Å². The number of hydrogen-bond acceptors (Lipinski definition) is 3. The molecule has 114 valence electrons. The topological polar surface area (TPSA) is 43.8 Å². The molecule has 0 saturated carbocycles.